The number of aliphatic hydroxyl groups excluding tert-OH is 1. The summed E-state index contributed by atoms with van der Waals surface area (Å²) < 4.78 is 0. The van der Waals surface area contributed by atoms with Crippen molar-refractivity contribution in [2.75, 3.05) is 13.1 Å². The molecule has 1 fully saturated rings. The fourth-order valence-electron chi connectivity index (χ4n) is 2.42. The van der Waals surface area contributed by atoms with Crippen LogP contribution in [-0.4, -0.2) is 35.1 Å². The molecule has 98 valence electrons. The molecule has 1 heterocycles. The third kappa shape index (κ3) is 3.10. The highest BCUT2D eigenvalue weighted by Gasteiger charge is 2.22. The first-order chi connectivity index (χ1) is 8.70. The van der Waals surface area contributed by atoms with E-state index in [0.717, 1.165) is 37.8 Å². The molecule has 0 radical (unpaired) electrons. The van der Waals surface area contributed by atoms with Gasteiger partial charge >= 0.3 is 0 Å². The maximum Gasteiger partial charge on any atom is 0.253 e. The van der Waals surface area contributed by atoms with E-state index >= 15 is 0 Å². The van der Waals surface area contributed by atoms with Gasteiger partial charge in [-0.05, 0) is 37.0 Å². The number of β-amino-alcohol motifs (C(OH)–C–C–N with tert-alkyl or cyclic N) is 1. The molecule has 0 spiro atoms. The number of nitrogens with zero attached hydrogens (tertiary/aromatic N) is 1. The van der Waals surface area contributed by atoms with Crippen LogP contribution in [-0.2, 0) is 6.42 Å². The van der Waals surface area contributed by atoms with Crippen molar-refractivity contribution < 1.29 is 9.90 Å². The molecule has 3 heteroatoms. The predicted octanol–water partition coefficient (Wildman–Crippen LogP) is 2.24. The topological polar surface area (TPSA) is 40.5 Å². The van der Waals surface area contributed by atoms with Crippen molar-refractivity contribution in [2.24, 2.45) is 0 Å². The number of carbonyl (C=O) groups excluding carboxylic acids is 1. The van der Waals surface area contributed by atoms with E-state index in [4.69, 9.17) is 0 Å². The van der Waals surface area contributed by atoms with Crippen LogP contribution in [0.3, 0.4) is 0 Å². The van der Waals surface area contributed by atoms with Crippen molar-refractivity contribution in [2.45, 2.75) is 38.7 Å². The molecule has 0 bridgehead atoms. The lowest BCUT2D eigenvalue weighted by Crippen LogP contribution is -2.42. The third-order valence-electron chi connectivity index (χ3n) is 3.42. The molecule has 0 aromatic heterocycles. The molecule has 0 saturated carbocycles. The van der Waals surface area contributed by atoms with Crippen molar-refractivity contribution >= 4 is 5.91 Å². The largest absolute Gasteiger partial charge is 0.391 e. The van der Waals surface area contributed by atoms with Crippen molar-refractivity contribution in [3.05, 3.63) is 35.4 Å². The molecule has 1 aliphatic heterocycles. The zero-order valence-corrected chi connectivity index (χ0v) is 10.9. The molecule has 1 aromatic carbocycles. The van der Waals surface area contributed by atoms with Gasteiger partial charge in [-0.1, -0.05) is 25.5 Å². The first-order valence-electron chi connectivity index (χ1n) is 6.77. The van der Waals surface area contributed by atoms with Gasteiger partial charge in [0.15, 0.2) is 0 Å². The number of hydrogen-bond donors (Lipinski definition) is 1. The number of carbonyl (C=O) groups is 1. The summed E-state index contributed by atoms with van der Waals surface area (Å²) in [5, 5.41) is 9.60. The summed E-state index contributed by atoms with van der Waals surface area (Å²) in [5.74, 6) is 0.0387. The van der Waals surface area contributed by atoms with Gasteiger partial charge in [0.1, 0.15) is 0 Å². The molecule has 3 nitrogen and oxygen atoms in total. The zero-order valence-electron chi connectivity index (χ0n) is 10.9. The Morgan fingerprint density at radius 3 is 2.72 bits per heavy atom. The standard InChI is InChI=1S/C15H21NO2/c1-2-4-12-6-8-13(9-7-12)15(18)16-10-3-5-14(17)11-16/h6-9,14,17H,2-5,10-11H2,1H3. The van der Waals surface area contributed by atoms with Gasteiger partial charge in [-0.2, -0.15) is 0 Å². The maximum atomic E-state index is 12.2. The van der Waals surface area contributed by atoms with E-state index in [-0.39, 0.29) is 12.0 Å². The zero-order chi connectivity index (χ0) is 13.0. The second kappa shape index (κ2) is 6.01. The van der Waals surface area contributed by atoms with Gasteiger partial charge in [0.25, 0.3) is 5.91 Å². The molecule has 18 heavy (non-hydrogen) atoms. The maximum absolute atomic E-state index is 12.2. The minimum atomic E-state index is -0.359. The Bertz CT molecular complexity index is 399. The molecule has 1 saturated heterocycles. The Kier molecular flexibility index (Phi) is 4.37. The number of hydrogen-bond acceptors (Lipinski definition) is 2. The number of likely N-dealkylation sites (tertiary alicyclic amines) is 1. The van der Waals surface area contributed by atoms with Crippen LogP contribution < -0.4 is 0 Å². The normalized spacial score (nSPS) is 19.9. The monoisotopic (exact) mass is 247 g/mol. The summed E-state index contributed by atoms with van der Waals surface area (Å²) in [7, 11) is 0. The van der Waals surface area contributed by atoms with Crippen molar-refractivity contribution in [1.29, 1.82) is 0 Å². The molecule has 1 aromatic rings. The second-order valence-corrected chi connectivity index (χ2v) is 4.99. The van der Waals surface area contributed by atoms with E-state index in [1.807, 2.05) is 24.3 Å². The van der Waals surface area contributed by atoms with E-state index in [0.29, 0.717) is 6.54 Å². The average molecular weight is 247 g/mol. The van der Waals surface area contributed by atoms with Crippen LogP contribution in [0.25, 0.3) is 0 Å². The minimum absolute atomic E-state index is 0.0387. The van der Waals surface area contributed by atoms with Crippen LogP contribution in [0.2, 0.25) is 0 Å². The summed E-state index contributed by atoms with van der Waals surface area (Å²) in [6.07, 6.45) is 3.50. The van der Waals surface area contributed by atoms with E-state index in [1.165, 1.54) is 5.56 Å². The Balaban J connectivity index is 2.03. The summed E-state index contributed by atoms with van der Waals surface area (Å²) in [6, 6.07) is 7.84. The van der Waals surface area contributed by atoms with E-state index in [9.17, 15) is 9.90 Å². The van der Waals surface area contributed by atoms with Crippen LogP contribution >= 0.6 is 0 Å². The molecule has 1 unspecified atom stereocenters. The highest BCUT2D eigenvalue weighted by molar-refractivity contribution is 5.94. The Morgan fingerprint density at radius 2 is 2.11 bits per heavy atom. The quantitative estimate of drug-likeness (QED) is 0.890. The van der Waals surface area contributed by atoms with Crippen LogP contribution in [0.5, 0.6) is 0 Å². The van der Waals surface area contributed by atoms with Crippen LogP contribution in [0.1, 0.15) is 42.1 Å². The lowest BCUT2D eigenvalue weighted by Gasteiger charge is -2.30. The van der Waals surface area contributed by atoms with Crippen LogP contribution in [0, 0.1) is 0 Å². The molecular formula is C15H21NO2. The highest BCUT2D eigenvalue weighted by Crippen LogP contribution is 2.14. The number of aliphatic hydroxyl groups is 1. The average Bonchev–Trinajstić information content (AvgIpc) is 2.39. The van der Waals surface area contributed by atoms with E-state index in [1.54, 1.807) is 4.90 Å². The van der Waals surface area contributed by atoms with Crippen molar-refractivity contribution in [1.82, 2.24) is 4.90 Å². The summed E-state index contributed by atoms with van der Waals surface area (Å²) >= 11 is 0. The fourth-order valence-corrected chi connectivity index (χ4v) is 2.42. The van der Waals surface area contributed by atoms with Gasteiger partial charge in [-0.25, -0.2) is 0 Å². The number of amides is 1. The minimum Gasteiger partial charge on any atom is -0.391 e. The third-order valence-corrected chi connectivity index (χ3v) is 3.42. The number of rotatable bonds is 3. The smallest absolute Gasteiger partial charge is 0.253 e. The van der Waals surface area contributed by atoms with Gasteiger partial charge in [-0.3, -0.25) is 4.79 Å². The molecule has 0 aliphatic carbocycles. The van der Waals surface area contributed by atoms with Crippen molar-refractivity contribution in [3.8, 4) is 0 Å². The Morgan fingerprint density at radius 1 is 1.39 bits per heavy atom. The van der Waals surface area contributed by atoms with Gasteiger partial charge < -0.3 is 10.0 Å². The summed E-state index contributed by atoms with van der Waals surface area (Å²) in [5.41, 5.74) is 2.00. The van der Waals surface area contributed by atoms with Gasteiger partial charge in [0.2, 0.25) is 0 Å². The molecule has 1 atom stereocenters. The summed E-state index contributed by atoms with van der Waals surface area (Å²) in [4.78, 5) is 14.0. The molecular weight excluding hydrogens is 226 g/mol. The lowest BCUT2D eigenvalue weighted by atomic mass is 10.0. The molecule has 2 rings (SSSR count). The number of aryl methyl sites for hydroxylation is 1. The second-order valence-electron chi connectivity index (χ2n) is 4.99. The first-order valence-corrected chi connectivity index (χ1v) is 6.77. The number of piperidine rings is 1. The van der Waals surface area contributed by atoms with Crippen molar-refractivity contribution in [3.63, 3.8) is 0 Å². The van der Waals surface area contributed by atoms with Gasteiger partial charge in [-0.15, -0.1) is 0 Å². The molecule has 1 amide bonds. The van der Waals surface area contributed by atoms with Crippen LogP contribution in [0.15, 0.2) is 24.3 Å². The van der Waals surface area contributed by atoms with Crippen LogP contribution in [0.4, 0.5) is 0 Å². The lowest BCUT2D eigenvalue weighted by molar-refractivity contribution is 0.0474. The molecule has 1 aliphatic rings. The molecule has 1 N–H and O–H groups in total. The SMILES string of the molecule is CCCc1ccc(C(=O)N2CCCC(O)C2)cc1. The van der Waals surface area contributed by atoms with E-state index < -0.39 is 0 Å². The fraction of sp³-hybridized carbons (Fsp3) is 0.533. The Hall–Kier alpha value is -1.35. The van der Waals surface area contributed by atoms with E-state index in [2.05, 4.69) is 6.92 Å². The summed E-state index contributed by atoms with van der Waals surface area (Å²) in [6.45, 7) is 3.37. The van der Waals surface area contributed by atoms with Gasteiger partial charge in [0, 0.05) is 18.7 Å². The predicted molar refractivity (Wildman–Crippen MR) is 71.6 cm³/mol. The first kappa shape index (κ1) is 13.1. The number of benzene rings is 1. The van der Waals surface area contributed by atoms with Gasteiger partial charge in [0.05, 0.1) is 6.10 Å². The highest BCUT2D eigenvalue weighted by atomic mass is 16.3. The Labute approximate surface area is 108 Å².